The zero-order valence-corrected chi connectivity index (χ0v) is 18.6. The number of hydrogen-bond acceptors (Lipinski definition) is 4. The predicted molar refractivity (Wildman–Crippen MR) is 113 cm³/mol. The van der Waals surface area contributed by atoms with Gasteiger partial charge in [-0.3, -0.25) is 0 Å². The van der Waals surface area contributed by atoms with Gasteiger partial charge in [0, 0.05) is 6.26 Å². The monoisotopic (exact) mass is 416 g/mol. The Bertz CT molecular complexity index is 737. The molecule has 1 rings (SSSR count). The second-order valence-corrected chi connectivity index (χ2v) is 11.6. The van der Waals surface area contributed by atoms with E-state index in [0.29, 0.717) is 6.42 Å². The molecule has 0 atom stereocenters. The Morgan fingerprint density at radius 3 is 1.59 bits per heavy atom. The van der Waals surface area contributed by atoms with Crippen LogP contribution in [0.2, 0.25) is 0 Å². The summed E-state index contributed by atoms with van der Waals surface area (Å²) in [5, 5.41) is 0. The molecule has 1 aromatic carbocycles. The molecule has 0 N–H and O–H groups in total. The van der Waals surface area contributed by atoms with Gasteiger partial charge in [0.2, 0.25) is 0 Å². The minimum Gasteiger partial charge on any atom is -0.224 e. The summed E-state index contributed by atoms with van der Waals surface area (Å²) < 4.78 is 48.0. The van der Waals surface area contributed by atoms with Crippen molar-refractivity contribution in [2.75, 3.05) is 12.0 Å². The molecule has 27 heavy (non-hydrogen) atoms. The summed E-state index contributed by atoms with van der Waals surface area (Å²) in [4.78, 5) is 0.159. The van der Waals surface area contributed by atoms with Crippen LogP contribution in [0.5, 0.6) is 0 Å². The highest BCUT2D eigenvalue weighted by Crippen LogP contribution is 2.19. The Hall–Kier alpha value is -0.880. The van der Waals surface area contributed by atoms with E-state index in [1.165, 1.54) is 82.1 Å². The van der Waals surface area contributed by atoms with Crippen molar-refractivity contribution in [3.05, 3.63) is 24.3 Å². The highest BCUT2D eigenvalue weighted by Gasteiger charge is 2.16. The molecule has 0 unspecified atom stereocenters. The third kappa shape index (κ3) is 10.3. The third-order valence-electron chi connectivity index (χ3n) is 4.86. The SMILES string of the molecule is CCCCCCCCCCCCCCS(=O)(=O)c1cccc(S(C)(=O)=O)c1. The lowest BCUT2D eigenvalue weighted by atomic mass is 10.1. The van der Waals surface area contributed by atoms with Crippen LogP contribution in [-0.2, 0) is 19.7 Å². The van der Waals surface area contributed by atoms with Gasteiger partial charge in [0.1, 0.15) is 0 Å². The Labute approximate surface area is 166 Å². The number of sulfone groups is 2. The van der Waals surface area contributed by atoms with Crippen molar-refractivity contribution in [3.8, 4) is 0 Å². The number of benzene rings is 1. The first-order valence-corrected chi connectivity index (χ1v) is 13.8. The van der Waals surface area contributed by atoms with Gasteiger partial charge in [-0.1, -0.05) is 83.6 Å². The molecule has 0 amide bonds. The summed E-state index contributed by atoms with van der Waals surface area (Å²) in [6, 6.07) is 5.67. The molecule has 1 aromatic rings. The van der Waals surface area contributed by atoms with Gasteiger partial charge < -0.3 is 0 Å². The molecule has 0 saturated carbocycles. The van der Waals surface area contributed by atoms with Crippen molar-refractivity contribution in [1.29, 1.82) is 0 Å². The second-order valence-electron chi connectivity index (χ2n) is 7.45. The fourth-order valence-corrected chi connectivity index (χ4v) is 5.30. The first-order valence-electron chi connectivity index (χ1n) is 10.3. The zero-order chi connectivity index (χ0) is 20.2. The van der Waals surface area contributed by atoms with Gasteiger partial charge in [0.05, 0.1) is 15.5 Å². The molecule has 0 saturated heterocycles. The third-order valence-corrected chi connectivity index (χ3v) is 7.77. The Kier molecular flexibility index (Phi) is 11.2. The lowest BCUT2D eigenvalue weighted by Gasteiger charge is -2.06. The van der Waals surface area contributed by atoms with Gasteiger partial charge in [0.15, 0.2) is 19.7 Å². The molecular weight excluding hydrogens is 380 g/mol. The Morgan fingerprint density at radius 1 is 0.667 bits per heavy atom. The molecule has 156 valence electrons. The maximum atomic E-state index is 12.4. The van der Waals surface area contributed by atoms with Gasteiger partial charge in [-0.25, -0.2) is 16.8 Å². The zero-order valence-electron chi connectivity index (χ0n) is 17.0. The van der Waals surface area contributed by atoms with Crippen molar-refractivity contribution in [2.45, 2.75) is 93.8 Å². The quantitative estimate of drug-likeness (QED) is 0.351. The molecule has 0 spiro atoms. The van der Waals surface area contributed by atoms with Crippen molar-refractivity contribution in [1.82, 2.24) is 0 Å². The summed E-state index contributed by atoms with van der Waals surface area (Å²) in [5.41, 5.74) is 0. The molecule has 0 aliphatic carbocycles. The topological polar surface area (TPSA) is 68.3 Å². The van der Waals surface area contributed by atoms with Crippen LogP contribution < -0.4 is 0 Å². The van der Waals surface area contributed by atoms with Gasteiger partial charge in [-0.2, -0.15) is 0 Å². The summed E-state index contributed by atoms with van der Waals surface area (Å²) in [6.45, 7) is 2.23. The molecule has 0 heterocycles. The maximum absolute atomic E-state index is 12.4. The second kappa shape index (κ2) is 12.6. The van der Waals surface area contributed by atoms with Crippen molar-refractivity contribution in [3.63, 3.8) is 0 Å². The fourth-order valence-electron chi connectivity index (χ4n) is 3.15. The van der Waals surface area contributed by atoms with E-state index >= 15 is 0 Å². The molecule has 4 nitrogen and oxygen atoms in total. The minimum atomic E-state index is -3.42. The van der Waals surface area contributed by atoms with Crippen LogP contribution in [-0.4, -0.2) is 28.8 Å². The van der Waals surface area contributed by atoms with E-state index in [9.17, 15) is 16.8 Å². The summed E-state index contributed by atoms with van der Waals surface area (Å²) in [6.07, 6.45) is 15.4. The fraction of sp³-hybridized carbons (Fsp3) is 0.714. The number of unbranched alkanes of at least 4 members (excludes halogenated alkanes) is 11. The number of rotatable bonds is 15. The van der Waals surface area contributed by atoms with Crippen LogP contribution in [0.1, 0.15) is 84.0 Å². The first kappa shape index (κ1) is 24.2. The molecule has 0 fully saturated rings. The van der Waals surface area contributed by atoms with E-state index in [0.717, 1.165) is 19.1 Å². The van der Waals surface area contributed by atoms with E-state index in [1.807, 2.05) is 0 Å². The smallest absolute Gasteiger partial charge is 0.178 e. The van der Waals surface area contributed by atoms with Crippen LogP contribution in [0.25, 0.3) is 0 Å². The standard InChI is InChI=1S/C21H36O4S2/c1-3-4-5-6-7-8-9-10-11-12-13-14-18-27(24,25)21-17-15-16-20(19-21)26(2,22)23/h15-17,19H,3-14,18H2,1-2H3. The highest BCUT2D eigenvalue weighted by atomic mass is 32.2. The van der Waals surface area contributed by atoms with Crippen LogP contribution in [0.3, 0.4) is 0 Å². The minimum absolute atomic E-state index is 0.0540. The Balaban J connectivity index is 2.21. The van der Waals surface area contributed by atoms with Gasteiger partial charge in [-0.05, 0) is 24.6 Å². The lowest BCUT2D eigenvalue weighted by Crippen LogP contribution is -2.08. The largest absolute Gasteiger partial charge is 0.224 e. The first-order chi connectivity index (χ1) is 12.8. The van der Waals surface area contributed by atoms with Gasteiger partial charge >= 0.3 is 0 Å². The summed E-state index contributed by atoms with van der Waals surface area (Å²) in [5.74, 6) is 0.0810. The van der Waals surface area contributed by atoms with E-state index in [4.69, 9.17) is 0 Å². The van der Waals surface area contributed by atoms with Gasteiger partial charge in [-0.15, -0.1) is 0 Å². The van der Waals surface area contributed by atoms with Crippen molar-refractivity contribution in [2.24, 2.45) is 0 Å². The van der Waals surface area contributed by atoms with Crippen molar-refractivity contribution >= 4 is 19.7 Å². The van der Waals surface area contributed by atoms with E-state index < -0.39 is 19.7 Å². The molecule has 0 bridgehead atoms. The van der Waals surface area contributed by atoms with Crippen LogP contribution in [0, 0.1) is 0 Å². The lowest BCUT2D eigenvalue weighted by molar-refractivity contribution is 0.546. The summed E-state index contributed by atoms with van der Waals surface area (Å²) in [7, 11) is -6.82. The van der Waals surface area contributed by atoms with Crippen LogP contribution in [0.15, 0.2) is 34.1 Å². The molecule has 6 heteroatoms. The maximum Gasteiger partial charge on any atom is 0.178 e. The van der Waals surface area contributed by atoms with Gasteiger partial charge in [0.25, 0.3) is 0 Å². The van der Waals surface area contributed by atoms with Crippen LogP contribution >= 0.6 is 0 Å². The summed E-state index contributed by atoms with van der Waals surface area (Å²) >= 11 is 0. The van der Waals surface area contributed by atoms with E-state index in [-0.39, 0.29) is 15.5 Å². The highest BCUT2D eigenvalue weighted by molar-refractivity contribution is 7.92. The Morgan fingerprint density at radius 2 is 1.11 bits per heavy atom. The average molecular weight is 417 g/mol. The predicted octanol–water partition coefficient (Wildman–Crippen LogP) is 5.56. The molecule has 0 aliphatic heterocycles. The molecule has 0 aliphatic rings. The molecule has 0 radical (unpaired) electrons. The average Bonchev–Trinajstić information content (AvgIpc) is 2.62. The molecule has 0 aromatic heterocycles. The number of hydrogen-bond donors (Lipinski definition) is 0. The van der Waals surface area contributed by atoms with Crippen molar-refractivity contribution < 1.29 is 16.8 Å². The normalized spacial score (nSPS) is 12.4. The van der Waals surface area contributed by atoms with E-state index in [1.54, 1.807) is 0 Å². The molecular formula is C21H36O4S2. The van der Waals surface area contributed by atoms with Crippen LogP contribution in [0.4, 0.5) is 0 Å². The van der Waals surface area contributed by atoms with E-state index in [2.05, 4.69) is 6.92 Å².